The van der Waals surface area contributed by atoms with Crippen molar-refractivity contribution in [3.63, 3.8) is 0 Å². The molecule has 1 saturated heterocycles. The Morgan fingerprint density at radius 2 is 1.65 bits per heavy atom. The number of amides is 4. The Hall–Kier alpha value is -3.66. The summed E-state index contributed by atoms with van der Waals surface area (Å²) in [4.78, 5) is 59.5. The summed E-state index contributed by atoms with van der Waals surface area (Å²) >= 11 is 3.43. The highest BCUT2D eigenvalue weighted by molar-refractivity contribution is 9.10. The molecule has 1 aliphatic carbocycles. The number of fused-ring (bicyclic) bond motifs is 1. The van der Waals surface area contributed by atoms with Gasteiger partial charge in [0.25, 0.3) is 5.91 Å². The molecule has 1 aromatic heterocycles. The largest absolute Gasteiger partial charge is 0.493 e. The zero-order chi connectivity index (χ0) is 35.8. The average molecular weight is 755 g/mol. The van der Waals surface area contributed by atoms with Crippen molar-refractivity contribution < 1.29 is 41.8 Å². The van der Waals surface area contributed by atoms with Crippen LogP contribution in [0.4, 0.5) is 4.79 Å². The normalized spacial score (nSPS) is 19.6. The van der Waals surface area contributed by atoms with Crippen LogP contribution in [0.25, 0.3) is 10.8 Å². The van der Waals surface area contributed by atoms with Crippen molar-refractivity contribution in [2.75, 3.05) is 13.7 Å². The molecule has 4 atom stereocenters. The molecular weight excluding hydrogens is 710 g/mol. The van der Waals surface area contributed by atoms with E-state index >= 15 is 0 Å². The molecule has 2 fully saturated rings. The van der Waals surface area contributed by atoms with E-state index in [1.54, 1.807) is 41.5 Å². The summed E-state index contributed by atoms with van der Waals surface area (Å²) in [6.45, 7) is 11.7. The Morgan fingerprint density at radius 3 is 2.21 bits per heavy atom. The lowest BCUT2D eigenvalue weighted by molar-refractivity contribution is -0.142. The van der Waals surface area contributed by atoms with E-state index in [2.05, 4.69) is 31.5 Å². The molecule has 4 amide bonds. The zero-order valence-corrected chi connectivity index (χ0v) is 30.8. The topological polar surface area (TPSA) is 182 Å². The number of carbonyl (C=O) groups excluding carboxylic acids is 4. The minimum atomic E-state index is -3.84. The monoisotopic (exact) mass is 753 g/mol. The highest BCUT2D eigenvalue weighted by Gasteiger charge is 2.47. The number of ether oxygens (including phenoxy) is 3. The lowest BCUT2D eigenvalue weighted by Crippen LogP contribution is -2.59. The number of nitrogens with one attached hydrogen (secondary N) is 3. The summed E-state index contributed by atoms with van der Waals surface area (Å²) in [6, 6.07) is 3.83. The first kappa shape index (κ1) is 37.2. The van der Waals surface area contributed by atoms with Gasteiger partial charge in [0.15, 0.2) is 10.4 Å². The van der Waals surface area contributed by atoms with E-state index in [-0.39, 0.29) is 18.8 Å². The van der Waals surface area contributed by atoms with E-state index in [9.17, 15) is 27.6 Å². The van der Waals surface area contributed by atoms with Gasteiger partial charge in [-0.1, -0.05) is 39.0 Å². The fourth-order valence-corrected chi connectivity index (χ4v) is 7.22. The van der Waals surface area contributed by atoms with E-state index in [1.807, 2.05) is 29.0 Å². The van der Waals surface area contributed by atoms with Crippen molar-refractivity contribution in [2.24, 2.45) is 5.41 Å². The van der Waals surface area contributed by atoms with E-state index in [1.165, 1.54) is 18.9 Å². The van der Waals surface area contributed by atoms with Crippen LogP contribution in [0.3, 0.4) is 0 Å². The number of likely N-dealkylation sites (tertiary alicyclic amines) is 1. The van der Waals surface area contributed by atoms with Gasteiger partial charge in [-0.15, -0.1) is 0 Å². The highest BCUT2D eigenvalue weighted by atomic mass is 79.9. The Labute approximate surface area is 289 Å². The molecule has 264 valence electrons. The van der Waals surface area contributed by atoms with Crippen molar-refractivity contribution in [2.45, 2.75) is 103 Å². The Balaban J connectivity index is 1.63. The zero-order valence-electron chi connectivity index (χ0n) is 28.4. The minimum absolute atomic E-state index is 0.00917. The van der Waals surface area contributed by atoms with Crippen LogP contribution in [0.1, 0.15) is 67.7 Å². The SMILES string of the molecule is COc1c(Br)nc(O[C@@H]2C[C@@H](C(=O)N[C@H](C)C(=O)NS(=O)(=O)C3CC3)N(C(=O)[C@@H](NC(=O)OC(C)(C)C)C(C)(C)C)C2)c2ccccc12. The standard InChI is InChI=1S/C32H44BrN5O9S/c1-17(26(39)37-48(43,44)19-13-14-19)34-27(40)22-15-18(46-28-21-12-10-9-11-20(21)23(45-8)25(33)36-28)16-38(22)29(41)24(31(2,3)4)35-30(42)47-32(5,6)7/h9-12,17-19,22,24H,13-16H2,1-8H3,(H,34,40)(H,35,42)(H,37,39)/t17-,18-,22+,24-/m1/s1. The number of pyridine rings is 1. The molecule has 14 nitrogen and oxygen atoms in total. The molecule has 0 unspecified atom stereocenters. The molecule has 2 aromatic rings. The number of sulfonamides is 1. The molecule has 4 rings (SSSR count). The van der Waals surface area contributed by atoms with Gasteiger partial charge in [0.2, 0.25) is 27.7 Å². The number of rotatable bonds is 10. The Kier molecular flexibility index (Phi) is 10.9. The van der Waals surface area contributed by atoms with Crippen LogP contribution in [-0.2, 0) is 29.1 Å². The van der Waals surface area contributed by atoms with Gasteiger partial charge in [-0.2, -0.15) is 0 Å². The van der Waals surface area contributed by atoms with Crippen molar-refractivity contribution in [3.05, 3.63) is 28.9 Å². The fourth-order valence-electron chi connectivity index (χ4n) is 5.30. The van der Waals surface area contributed by atoms with E-state index in [0.717, 1.165) is 5.39 Å². The molecule has 1 aromatic carbocycles. The third-order valence-electron chi connectivity index (χ3n) is 7.85. The van der Waals surface area contributed by atoms with Gasteiger partial charge >= 0.3 is 6.09 Å². The molecule has 0 bridgehead atoms. The number of benzene rings is 1. The highest BCUT2D eigenvalue weighted by Crippen LogP contribution is 2.38. The smallest absolute Gasteiger partial charge is 0.408 e. The molecule has 48 heavy (non-hydrogen) atoms. The first-order chi connectivity index (χ1) is 22.2. The van der Waals surface area contributed by atoms with Crippen LogP contribution in [-0.4, -0.2) is 90.9 Å². The van der Waals surface area contributed by atoms with Crippen LogP contribution in [0.2, 0.25) is 0 Å². The van der Waals surface area contributed by atoms with Crippen LogP contribution < -0.4 is 24.8 Å². The van der Waals surface area contributed by atoms with Gasteiger partial charge in [-0.05, 0) is 67.9 Å². The van der Waals surface area contributed by atoms with Gasteiger partial charge in [-0.25, -0.2) is 18.2 Å². The molecular formula is C32H44BrN5O9S. The third kappa shape index (κ3) is 8.87. The summed E-state index contributed by atoms with van der Waals surface area (Å²) < 4.78 is 44.4. The molecule has 16 heteroatoms. The number of carbonyl (C=O) groups is 4. The van der Waals surface area contributed by atoms with Gasteiger partial charge in [0.1, 0.15) is 29.8 Å². The van der Waals surface area contributed by atoms with Gasteiger partial charge < -0.3 is 29.7 Å². The van der Waals surface area contributed by atoms with E-state index in [0.29, 0.717) is 28.6 Å². The van der Waals surface area contributed by atoms with Gasteiger partial charge in [0.05, 0.1) is 18.9 Å². The number of methoxy groups -OCH3 is 1. The van der Waals surface area contributed by atoms with Crippen molar-refractivity contribution in [3.8, 4) is 11.6 Å². The predicted octanol–water partition coefficient (Wildman–Crippen LogP) is 3.41. The maximum Gasteiger partial charge on any atom is 0.408 e. The van der Waals surface area contributed by atoms with Crippen LogP contribution in [0.15, 0.2) is 28.9 Å². The molecule has 2 heterocycles. The van der Waals surface area contributed by atoms with E-state index < -0.39 is 74.3 Å². The molecule has 1 aliphatic heterocycles. The Morgan fingerprint density at radius 1 is 1.02 bits per heavy atom. The van der Waals surface area contributed by atoms with Gasteiger partial charge in [0, 0.05) is 17.2 Å². The molecule has 1 saturated carbocycles. The maximum atomic E-state index is 14.3. The van der Waals surface area contributed by atoms with Crippen molar-refractivity contribution in [1.82, 2.24) is 25.2 Å². The first-order valence-corrected chi connectivity index (χ1v) is 18.0. The number of hydrogen-bond acceptors (Lipinski definition) is 10. The van der Waals surface area contributed by atoms with Crippen LogP contribution in [0.5, 0.6) is 11.6 Å². The number of hydrogen-bond donors (Lipinski definition) is 3. The second-order valence-corrected chi connectivity index (χ2v) is 16.9. The second kappa shape index (κ2) is 14.1. The summed E-state index contributed by atoms with van der Waals surface area (Å²) in [5.74, 6) is -1.40. The lowest BCUT2D eigenvalue weighted by atomic mass is 9.85. The maximum absolute atomic E-state index is 14.3. The summed E-state index contributed by atoms with van der Waals surface area (Å²) in [6.07, 6.45) is -0.599. The second-order valence-electron chi connectivity index (χ2n) is 14.2. The molecule has 0 spiro atoms. The minimum Gasteiger partial charge on any atom is -0.493 e. The van der Waals surface area contributed by atoms with Crippen molar-refractivity contribution >= 4 is 60.5 Å². The third-order valence-corrected chi connectivity index (χ3v) is 10.2. The molecule has 0 radical (unpaired) electrons. The fraction of sp³-hybridized carbons (Fsp3) is 0.594. The van der Waals surface area contributed by atoms with Crippen LogP contribution in [0, 0.1) is 5.41 Å². The Bertz CT molecular complexity index is 1680. The first-order valence-electron chi connectivity index (χ1n) is 15.7. The summed E-state index contributed by atoms with van der Waals surface area (Å²) in [5, 5.41) is 5.98. The van der Waals surface area contributed by atoms with Crippen LogP contribution >= 0.6 is 15.9 Å². The number of aromatic nitrogens is 1. The summed E-state index contributed by atoms with van der Waals surface area (Å²) in [5.41, 5.74) is -1.63. The average Bonchev–Trinajstić information content (AvgIpc) is 3.75. The molecule has 3 N–H and O–H groups in total. The predicted molar refractivity (Wildman–Crippen MR) is 181 cm³/mol. The van der Waals surface area contributed by atoms with E-state index in [4.69, 9.17) is 14.2 Å². The van der Waals surface area contributed by atoms with Crippen molar-refractivity contribution in [1.29, 1.82) is 0 Å². The molecule has 2 aliphatic rings. The quantitative estimate of drug-likeness (QED) is 0.304. The number of alkyl carbamates (subject to hydrolysis) is 1. The number of nitrogens with zero attached hydrogens (tertiary/aromatic N) is 2. The lowest BCUT2D eigenvalue weighted by Gasteiger charge is -2.35. The summed E-state index contributed by atoms with van der Waals surface area (Å²) in [7, 11) is -2.31. The van der Waals surface area contributed by atoms with Gasteiger partial charge in [-0.3, -0.25) is 19.1 Å². The number of halogens is 1.